The van der Waals surface area contributed by atoms with Crippen LogP contribution in [0.1, 0.15) is 40.3 Å². The number of hydrogen-bond acceptors (Lipinski definition) is 3. The normalized spacial score (nSPS) is 17.9. The van der Waals surface area contributed by atoms with Crippen LogP contribution >= 0.6 is 28.1 Å². The van der Waals surface area contributed by atoms with Gasteiger partial charge in [0.2, 0.25) is 0 Å². The molecule has 4 aromatic rings. The molecule has 1 aliphatic heterocycles. The van der Waals surface area contributed by atoms with Gasteiger partial charge in [-0.15, -0.1) is 0 Å². The summed E-state index contributed by atoms with van der Waals surface area (Å²) in [7, 11) is 0. The lowest BCUT2D eigenvalue weighted by Crippen LogP contribution is -2.29. The lowest BCUT2D eigenvalue weighted by atomic mass is 9.96. The molecule has 2 atom stereocenters. The van der Waals surface area contributed by atoms with Crippen molar-refractivity contribution >= 4 is 33.3 Å². The largest absolute Gasteiger partial charge is 0.352 e. The van der Waals surface area contributed by atoms with E-state index >= 15 is 0 Å². The highest BCUT2D eigenvalue weighted by Crippen LogP contribution is 2.42. The molecule has 1 aromatic carbocycles. The van der Waals surface area contributed by atoms with Gasteiger partial charge >= 0.3 is 0 Å². The van der Waals surface area contributed by atoms with Crippen LogP contribution in [0.3, 0.4) is 0 Å². The number of pyridine rings is 2. The molecule has 1 saturated heterocycles. The Morgan fingerprint density at radius 1 is 1.00 bits per heavy atom. The maximum atomic E-state index is 5.85. The van der Waals surface area contributed by atoms with Gasteiger partial charge < -0.3 is 14.8 Å². The van der Waals surface area contributed by atoms with Crippen molar-refractivity contribution < 1.29 is 0 Å². The molecule has 0 spiro atoms. The molecule has 0 radical (unpaired) electrons. The Balaban J connectivity index is 1.63. The summed E-state index contributed by atoms with van der Waals surface area (Å²) in [5.74, 6) is 0. The third-order valence-electron chi connectivity index (χ3n) is 6.18. The van der Waals surface area contributed by atoms with Crippen LogP contribution in [-0.2, 0) is 6.54 Å². The number of aryl methyl sites for hydroxylation is 1. The quantitative estimate of drug-likeness (QED) is 0.338. The summed E-state index contributed by atoms with van der Waals surface area (Å²) in [4.78, 5) is 11.1. The lowest BCUT2D eigenvalue weighted by molar-refractivity contribution is 0.310. The van der Waals surface area contributed by atoms with Crippen molar-refractivity contribution in [2.24, 2.45) is 0 Å². The third-order valence-corrected chi connectivity index (χ3v) is 7.21. The second-order valence-electron chi connectivity index (χ2n) is 8.22. The number of nitrogens with one attached hydrogen (secondary N) is 1. The molecule has 0 bridgehead atoms. The SMILES string of the molecule is Cc1cc([C@H]2[C@H](c3ccccn3)NC(=S)N2Cc2ccncc2)c(C)n1-c1ccccc1Br. The minimum atomic E-state index is -0.0475. The summed E-state index contributed by atoms with van der Waals surface area (Å²) >= 11 is 9.58. The predicted octanol–water partition coefficient (Wildman–Crippen LogP) is 5.82. The van der Waals surface area contributed by atoms with E-state index in [0.717, 1.165) is 21.0 Å². The molecule has 1 aliphatic rings. The smallest absolute Gasteiger partial charge is 0.170 e. The number of nitrogens with zero attached hydrogens (tertiary/aromatic N) is 4. The third kappa shape index (κ3) is 4.07. The summed E-state index contributed by atoms with van der Waals surface area (Å²) in [5.41, 5.74) is 6.88. The number of hydrogen-bond donors (Lipinski definition) is 1. The van der Waals surface area contributed by atoms with Gasteiger partial charge in [-0.2, -0.15) is 0 Å². The highest BCUT2D eigenvalue weighted by atomic mass is 79.9. The first-order chi connectivity index (χ1) is 16.0. The summed E-state index contributed by atoms with van der Waals surface area (Å²) in [6.45, 7) is 5.03. The van der Waals surface area contributed by atoms with E-state index in [-0.39, 0.29) is 12.1 Å². The van der Waals surface area contributed by atoms with Crippen molar-refractivity contribution in [3.05, 3.63) is 112 Å². The Morgan fingerprint density at radius 3 is 2.48 bits per heavy atom. The second kappa shape index (κ2) is 9.08. The molecule has 3 aromatic heterocycles. The Kier molecular flexibility index (Phi) is 6.00. The molecule has 0 unspecified atom stereocenters. The molecule has 33 heavy (non-hydrogen) atoms. The van der Waals surface area contributed by atoms with Crippen LogP contribution < -0.4 is 5.32 Å². The van der Waals surface area contributed by atoms with E-state index in [2.05, 4.69) is 84.9 Å². The Morgan fingerprint density at radius 2 is 1.76 bits per heavy atom. The molecule has 4 heterocycles. The minimum absolute atomic E-state index is 0.00278. The van der Waals surface area contributed by atoms with E-state index in [4.69, 9.17) is 12.2 Å². The van der Waals surface area contributed by atoms with Gasteiger partial charge in [0.15, 0.2) is 5.11 Å². The molecular weight excluding hydrogens is 494 g/mol. The fourth-order valence-corrected chi connectivity index (χ4v) is 5.46. The minimum Gasteiger partial charge on any atom is -0.352 e. The standard InChI is InChI=1S/C26H24BrN5S/c1-17-15-20(18(2)32(17)23-9-4-3-7-21(23)27)25-24(22-8-5-6-12-29-22)30-26(33)31(25)16-19-10-13-28-14-11-19/h3-15,24-25H,16H2,1-2H3,(H,30,33)/t24-,25-/m0/s1. The molecule has 5 nitrogen and oxygen atoms in total. The van der Waals surface area contributed by atoms with Crippen molar-refractivity contribution in [2.45, 2.75) is 32.5 Å². The van der Waals surface area contributed by atoms with Crippen molar-refractivity contribution in [1.82, 2.24) is 24.8 Å². The Bertz CT molecular complexity index is 1290. The van der Waals surface area contributed by atoms with Crippen LogP contribution in [0.25, 0.3) is 5.69 Å². The summed E-state index contributed by atoms with van der Waals surface area (Å²) in [6, 6.07) is 20.7. The van der Waals surface area contributed by atoms with Gasteiger partial charge in [-0.05, 0) is 95.6 Å². The molecule has 7 heteroatoms. The van der Waals surface area contributed by atoms with Gasteiger partial charge in [-0.1, -0.05) is 18.2 Å². The molecular formula is C26H24BrN5S. The predicted molar refractivity (Wildman–Crippen MR) is 138 cm³/mol. The monoisotopic (exact) mass is 517 g/mol. The van der Waals surface area contributed by atoms with Gasteiger partial charge in [-0.3, -0.25) is 9.97 Å². The van der Waals surface area contributed by atoms with Gasteiger partial charge in [-0.25, -0.2) is 0 Å². The van der Waals surface area contributed by atoms with Gasteiger partial charge in [0.05, 0.1) is 23.5 Å². The van der Waals surface area contributed by atoms with Crippen LogP contribution in [0.2, 0.25) is 0 Å². The molecule has 0 aliphatic carbocycles. The summed E-state index contributed by atoms with van der Waals surface area (Å²) in [5, 5.41) is 4.29. The van der Waals surface area contributed by atoms with Crippen LogP contribution in [0, 0.1) is 13.8 Å². The van der Waals surface area contributed by atoms with Crippen molar-refractivity contribution in [2.75, 3.05) is 0 Å². The maximum Gasteiger partial charge on any atom is 0.170 e. The highest BCUT2D eigenvalue weighted by Gasteiger charge is 2.41. The first-order valence-corrected chi connectivity index (χ1v) is 12.1. The molecule has 0 saturated carbocycles. The van der Waals surface area contributed by atoms with E-state index in [9.17, 15) is 0 Å². The topological polar surface area (TPSA) is 46.0 Å². The zero-order chi connectivity index (χ0) is 22.9. The van der Waals surface area contributed by atoms with E-state index < -0.39 is 0 Å². The second-order valence-corrected chi connectivity index (χ2v) is 9.46. The number of aromatic nitrogens is 3. The molecule has 166 valence electrons. The van der Waals surface area contributed by atoms with Crippen molar-refractivity contribution in [1.29, 1.82) is 0 Å². The first-order valence-electron chi connectivity index (χ1n) is 10.9. The fraction of sp³-hybridized carbons (Fsp3) is 0.192. The zero-order valence-electron chi connectivity index (χ0n) is 18.4. The molecule has 1 N–H and O–H groups in total. The molecule has 1 fully saturated rings. The van der Waals surface area contributed by atoms with Gasteiger partial charge in [0, 0.05) is 41.0 Å². The molecule has 5 rings (SSSR count). The number of thiocarbonyl (C=S) groups is 1. The summed E-state index contributed by atoms with van der Waals surface area (Å²) < 4.78 is 3.37. The Hall–Kier alpha value is -3.03. The van der Waals surface area contributed by atoms with E-state index in [1.54, 1.807) is 0 Å². The average Bonchev–Trinajstić information content (AvgIpc) is 3.30. The van der Waals surface area contributed by atoms with Crippen LogP contribution in [0.15, 0.2) is 83.7 Å². The molecule has 0 amide bonds. The number of benzene rings is 1. The lowest BCUT2D eigenvalue weighted by Gasteiger charge is -2.28. The van der Waals surface area contributed by atoms with Gasteiger partial charge in [0.1, 0.15) is 0 Å². The Labute approximate surface area is 207 Å². The first kappa shape index (κ1) is 21.8. The average molecular weight is 518 g/mol. The van der Waals surface area contributed by atoms with Crippen LogP contribution in [0.5, 0.6) is 0 Å². The highest BCUT2D eigenvalue weighted by molar-refractivity contribution is 9.10. The van der Waals surface area contributed by atoms with Crippen LogP contribution in [-0.4, -0.2) is 24.5 Å². The maximum absolute atomic E-state index is 5.85. The van der Waals surface area contributed by atoms with Crippen molar-refractivity contribution in [3.8, 4) is 5.69 Å². The van der Waals surface area contributed by atoms with E-state index in [1.807, 2.05) is 48.9 Å². The van der Waals surface area contributed by atoms with Crippen LogP contribution in [0.4, 0.5) is 0 Å². The van der Waals surface area contributed by atoms with Crippen molar-refractivity contribution in [3.63, 3.8) is 0 Å². The summed E-state index contributed by atoms with van der Waals surface area (Å²) in [6.07, 6.45) is 5.49. The van der Waals surface area contributed by atoms with E-state index in [0.29, 0.717) is 6.54 Å². The number of para-hydroxylation sites is 1. The fourth-order valence-electron chi connectivity index (χ4n) is 4.69. The zero-order valence-corrected chi connectivity index (χ0v) is 20.8. The number of rotatable bonds is 5. The van der Waals surface area contributed by atoms with E-state index in [1.165, 1.54) is 22.5 Å². The van der Waals surface area contributed by atoms with Gasteiger partial charge in [0.25, 0.3) is 0 Å². The number of halogens is 1.